The summed E-state index contributed by atoms with van der Waals surface area (Å²) in [6.45, 7) is 1.92. The monoisotopic (exact) mass is 215 g/mol. The van der Waals surface area contributed by atoms with Crippen LogP contribution in [0.5, 0.6) is 0 Å². The van der Waals surface area contributed by atoms with Crippen LogP contribution < -0.4 is 0 Å². The second-order valence-corrected chi connectivity index (χ2v) is 5.35. The van der Waals surface area contributed by atoms with E-state index in [0.29, 0.717) is 6.42 Å². The lowest BCUT2D eigenvalue weighted by Gasteiger charge is -2.06. The molecular formula is C5H13O5P2+. The van der Waals surface area contributed by atoms with Gasteiger partial charge in [0, 0.05) is 11.7 Å². The van der Waals surface area contributed by atoms with E-state index in [0.717, 1.165) is 6.42 Å². The van der Waals surface area contributed by atoms with Crippen LogP contribution in [0.2, 0.25) is 0 Å². The van der Waals surface area contributed by atoms with E-state index < -0.39 is 15.9 Å². The Morgan fingerprint density at radius 1 is 1.58 bits per heavy atom. The fourth-order valence-corrected chi connectivity index (χ4v) is 2.95. The molecule has 7 heteroatoms. The minimum absolute atomic E-state index is 0.182. The Bertz CT molecular complexity index is 192. The average molecular weight is 215 g/mol. The van der Waals surface area contributed by atoms with E-state index in [1.165, 1.54) is 7.11 Å². The lowest BCUT2D eigenvalue weighted by molar-refractivity contribution is 0.307. The van der Waals surface area contributed by atoms with Crippen LogP contribution in [-0.2, 0) is 18.0 Å². The minimum Gasteiger partial charge on any atom is -0.309 e. The SMILES string of the molecule is CCCCP(=O)(OC)O[P+](=O)O. The molecule has 0 aromatic rings. The van der Waals surface area contributed by atoms with E-state index in [4.69, 9.17) is 4.89 Å². The van der Waals surface area contributed by atoms with E-state index in [-0.39, 0.29) is 6.16 Å². The van der Waals surface area contributed by atoms with Gasteiger partial charge in [-0.1, -0.05) is 13.3 Å². The van der Waals surface area contributed by atoms with E-state index in [9.17, 15) is 9.13 Å². The van der Waals surface area contributed by atoms with Crippen molar-refractivity contribution in [1.82, 2.24) is 0 Å². The molecule has 12 heavy (non-hydrogen) atoms. The molecule has 0 aliphatic rings. The third-order valence-corrected chi connectivity index (χ3v) is 4.23. The number of hydrogen-bond acceptors (Lipinski definition) is 4. The van der Waals surface area contributed by atoms with Crippen molar-refractivity contribution in [2.24, 2.45) is 0 Å². The largest absolute Gasteiger partial charge is 0.703 e. The van der Waals surface area contributed by atoms with Crippen molar-refractivity contribution in [3.05, 3.63) is 0 Å². The number of unbranched alkanes of at least 4 members (excludes halogenated alkanes) is 1. The summed E-state index contributed by atoms with van der Waals surface area (Å²) in [7, 11) is -4.95. The molecule has 0 spiro atoms. The second-order valence-electron chi connectivity index (χ2n) is 2.19. The highest BCUT2D eigenvalue weighted by Gasteiger charge is 2.34. The molecule has 0 radical (unpaired) electrons. The van der Waals surface area contributed by atoms with Crippen molar-refractivity contribution < 1.29 is 22.9 Å². The Morgan fingerprint density at radius 2 is 2.17 bits per heavy atom. The molecule has 2 atom stereocenters. The molecule has 2 unspecified atom stereocenters. The second kappa shape index (κ2) is 5.79. The lowest BCUT2D eigenvalue weighted by atomic mass is 10.4. The number of rotatable bonds is 6. The predicted octanol–water partition coefficient (Wildman–Crippen LogP) is 2.29. The van der Waals surface area contributed by atoms with E-state index in [2.05, 4.69) is 8.83 Å². The molecule has 72 valence electrons. The van der Waals surface area contributed by atoms with Crippen molar-refractivity contribution >= 4 is 15.9 Å². The minimum atomic E-state index is -3.31. The molecule has 0 saturated heterocycles. The van der Waals surface area contributed by atoms with E-state index >= 15 is 0 Å². The van der Waals surface area contributed by atoms with Crippen molar-refractivity contribution in [2.75, 3.05) is 13.3 Å². The first-order chi connectivity index (χ1) is 5.54. The van der Waals surface area contributed by atoms with Crippen LogP contribution in [0.1, 0.15) is 19.8 Å². The Morgan fingerprint density at radius 3 is 2.50 bits per heavy atom. The van der Waals surface area contributed by atoms with E-state index in [1.807, 2.05) is 6.92 Å². The van der Waals surface area contributed by atoms with Gasteiger partial charge in [-0.15, -0.1) is 4.89 Å². The van der Waals surface area contributed by atoms with Crippen LogP contribution in [0.3, 0.4) is 0 Å². The van der Waals surface area contributed by atoms with Gasteiger partial charge in [0.05, 0.1) is 6.16 Å². The third kappa shape index (κ3) is 4.96. The van der Waals surface area contributed by atoms with Gasteiger partial charge in [0.15, 0.2) is 0 Å². The van der Waals surface area contributed by atoms with Crippen LogP contribution in [0, 0.1) is 0 Å². The van der Waals surface area contributed by atoms with Gasteiger partial charge < -0.3 is 4.52 Å². The predicted molar refractivity (Wildman–Crippen MR) is 45.3 cm³/mol. The van der Waals surface area contributed by atoms with Gasteiger partial charge >= 0.3 is 15.9 Å². The quantitative estimate of drug-likeness (QED) is 0.688. The average Bonchev–Trinajstić information content (AvgIpc) is 2.00. The van der Waals surface area contributed by atoms with Gasteiger partial charge in [0.25, 0.3) is 0 Å². The Kier molecular flexibility index (Phi) is 5.89. The summed E-state index contributed by atoms with van der Waals surface area (Å²) in [4.78, 5) is 8.35. The molecule has 0 aromatic carbocycles. The highest BCUT2D eigenvalue weighted by molar-refractivity contribution is 7.60. The van der Waals surface area contributed by atoms with Crippen LogP contribution in [0.4, 0.5) is 0 Å². The highest BCUT2D eigenvalue weighted by Crippen LogP contribution is 2.54. The highest BCUT2D eigenvalue weighted by atomic mass is 31.2. The van der Waals surface area contributed by atoms with Gasteiger partial charge in [-0.3, -0.25) is 4.57 Å². The van der Waals surface area contributed by atoms with Crippen molar-refractivity contribution in [2.45, 2.75) is 19.8 Å². The normalized spacial score (nSPS) is 17.1. The molecule has 5 nitrogen and oxygen atoms in total. The summed E-state index contributed by atoms with van der Waals surface area (Å²) in [5, 5.41) is 0. The molecule has 0 amide bonds. The zero-order chi connectivity index (χ0) is 9.61. The van der Waals surface area contributed by atoms with Gasteiger partial charge in [-0.25, -0.2) is 0 Å². The molecule has 0 heterocycles. The van der Waals surface area contributed by atoms with Crippen LogP contribution in [0.25, 0.3) is 0 Å². The zero-order valence-electron chi connectivity index (χ0n) is 7.10. The first-order valence-corrected chi connectivity index (χ1v) is 6.40. The summed E-state index contributed by atoms with van der Waals surface area (Å²) in [6, 6.07) is 0. The lowest BCUT2D eigenvalue weighted by Crippen LogP contribution is -1.92. The summed E-state index contributed by atoms with van der Waals surface area (Å²) >= 11 is 0. The zero-order valence-corrected chi connectivity index (χ0v) is 8.88. The van der Waals surface area contributed by atoms with Gasteiger partial charge in [0.2, 0.25) is 0 Å². The van der Waals surface area contributed by atoms with Gasteiger partial charge in [0.1, 0.15) is 0 Å². The smallest absolute Gasteiger partial charge is 0.309 e. The molecule has 1 N–H and O–H groups in total. The first kappa shape index (κ1) is 12.2. The van der Waals surface area contributed by atoms with Crippen LogP contribution in [-0.4, -0.2) is 18.2 Å². The fraction of sp³-hybridized carbons (Fsp3) is 1.00. The maximum Gasteiger partial charge on any atom is 0.703 e. The van der Waals surface area contributed by atoms with Crippen LogP contribution >= 0.6 is 15.9 Å². The van der Waals surface area contributed by atoms with Crippen LogP contribution in [0.15, 0.2) is 0 Å². The molecule has 0 aliphatic carbocycles. The summed E-state index contributed by atoms with van der Waals surface area (Å²) in [5.41, 5.74) is 0. The van der Waals surface area contributed by atoms with Crippen molar-refractivity contribution in [3.8, 4) is 0 Å². The summed E-state index contributed by atoms with van der Waals surface area (Å²) < 4.78 is 30.4. The Balaban J connectivity index is 4.05. The van der Waals surface area contributed by atoms with Gasteiger partial charge in [-0.2, -0.15) is 0 Å². The number of hydrogen-bond donors (Lipinski definition) is 1. The van der Waals surface area contributed by atoms with Crippen molar-refractivity contribution in [3.63, 3.8) is 0 Å². The molecule has 0 rings (SSSR count). The maximum absolute atomic E-state index is 11.4. The molecule has 0 aliphatic heterocycles. The Labute approximate surface area is 72.6 Å². The summed E-state index contributed by atoms with van der Waals surface area (Å²) in [5.74, 6) is 0. The fourth-order valence-electron chi connectivity index (χ4n) is 0.624. The molecule has 0 bridgehead atoms. The first-order valence-electron chi connectivity index (χ1n) is 3.54. The standard InChI is InChI=1S/C5H12O5P2/c1-3-4-5-12(8,9-2)10-11(6)7/h3-5H2,1-2H3/p+1. The Hall–Kier alpha value is 0.210. The summed E-state index contributed by atoms with van der Waals surface area (Å²) in [6.07, 6.45) is 1.66. The topological polar surface area (TPSA) is 72.8 Å². The molecule has 0 saturated carbocycles. The van der Waals surface area contributed by atoms with Gasteiger partial charge in [-0.05, 0) is 10.7 Å². The maximum atomic E-state index is 11.4. The van der Waals surface area contributed by atoms with E-state index in [1.54, 1.807) is 0 Å². The van der Waals surface area contributed by atoms with Crippen molar-refractivity contribution in [1.29, 1.82) is 0 Å². The molecule has 0 aromatic heterocycles. The molecular weight excluding hydrogens is 202 g/mol. The third-order valence-electron chi connectivity index (χ3n) is 1.26. The molecule has 0 fully saturated rings.